The molecule has 0 aliphatic heterocycles. The molecule has 0 radical (unpaired) electrons. The third kappa shape index (κ3) is 4.36. The first-order valence-corrected chi connectivity index (χ1v) is 5.46. The van der Waals surface area contributed by atoms with Crippen molar-refractivity contribution in [2.75, 3.05) is 18.5 Å². The molecule has 1 unspecified atom stereocenters. The molecule has 0 bridgehead atoms. The van der Waals surface area contributed by atoms with Crippen LogP contribution in [-0.2, 0) is 4.74 Å². The van der Waals surface area contributed by atoms with Crippen LogP contribution in [0, 0.1) is 6.92 Å². The standard InChI is InChI=1S/C11H17N3O3/c1-4-17-6-8(3)13-11-12-7(2)5-9(14-11)10(15)16/h5,8H,4,6H2,1-3H3,(H,15,16)(H,12,13,14). The van der Waals surface area contributed by atoms with Gasteiger partial charge in [-0.25, -0.2) is 14.8 Å². The first-order valence-electron chi connectivity index (χ1n) is 5.46. The number of aryl methyl sites for hydroxylation is 1. The van der Waals surface area contributed by atoms with Crippen LogP contribution in [0.15, 0.2) is 6.07 Å². The van der Waals surface area contributed by atoms with Crippen LogP contribution in [0.2, 0.25) is 0 Å². The summed E-state index contributed by atoms with van der Waals surface area (Å²) in [7, 11) is 0. The molecule has 0 saturated heterocycles. The third-order valence-corrected chi connectivity index (χ3v) is 2.02. The maximum absolute atomic E-state index is 10.8. The summed E-state index contributed by atoms with van der Waals surface area (Å²) >= 11 is 0. The lowest BCUT2D eigenvalue weighted by Crippen LogP contribution is -2.23. The van der Waals surface area contributed by atoms with Crippen molar-refractivity contribution in [2.45, 2.75) is 26.8 Å². The number of carboxylic acid groups (broad SMARTS) is 1. The molecule has 17 heavy (non-hydrogen) atoms. The van der Waals surface area contributed by atoms with Gasteiger partial charge in [0.1, 0.15) is 0 Å². The summed E-state index contributed by atoms with van der Waals surface area (Å²) in [5.74, 6) is -0.745. The summed E-state index contributed by atoms with van der Waals surface area (Å²) in [6, 6.07) is 1.46. The Hall–Kier alpha value is -1.69. The highest BCUT2D eigenvalue weighted by molar-refractivity contribution is 5.85. The van der Waals surface area contributed by atoms with Gasteiger partial charge >= 0.3 is 5.97 Å². The highest BCUT2D eigenvalue weighted by atomic mass is 16.5. The van der Waals surface area contributed by atoms with E-state index in [1.165, 1.54) is 6.07 Å². The Balaban J connectivity index is 2.73. The lowest BCUT2D eigenvalue weighted by molar-refractivity contribution is 0.0690. The molecule has 0 fully saturated rings. The zero-order valence-electron chi connectivity index (χ0n) is 10.2. The van der Waals surface area contributed by atoms with Crippen LogP contribution < -0.4 is 5.32 Å². The van der Waals surface area contributed by atoms with Crippen LogP contribution in [-0.4, -0.2) is 40.3 Å². The number of aromatic carboxylic acids is 1. The number of nitrogens with zero attached hydrogens (tertiary/aromatic N) is 2. The highest BCUT2D eigenvalue weighted by Gasteiger charge is 2.10. The SMILES string of the molecule is CCOCC(C)Nc1nc(C)cc(C(=O)O)n1. The van der Waals surface area contributed by atoms with Gasteiger partial charge in [-0.05, 0) is 26.8 Å². The zero-order chi connectivity index (χ0) is 12.8. The van der Waals surface area contributed by atoms with Gasteiger partial charge in [0.05, 0.1) is 6.61 Å². The van der Waals surface area contributed by atoms with Crippen molar-refractivity contribution in [3.05, 3.63) is 17.5 Å². The minimum atomic E-state index is -1.06. The van der Waals surface area contributed by atoms with E-state index in [9.17, 15) is 4.79 Å². The van der Waals surface area contributed by atoms with Crippen molar-refractivity contribution in [3.8, 4) is 0 Å². The summed E-state index contributed by atoms with van der Waals surface area (Å²) in [4.78, 5) is 18.8. The molecule has 6 nitrogen and oxygen atoms in total. The molecule has 1 aromatic rings. The summed E-state index contributed by atoms with van der Waals surface area (Å²) in [5.41, 5.74) is 0.604. The Morgan fingerprint density at radius 2 is 2.29 bits per heavy atom. The maximum Gasteiger partial charge on any atom is 0.354 e. The number of carbonyl (C=O) groups is 1. The summed E-state index contributed by atoms with van der Waals surface area (Å²) in [6.07, 6.45) is 0. The first-order chi connectivity index (χ1) is 8.02. The second-order valence-electron chi connectivity index (χ2n) is 3.73. The third-order valence-electron chi connectivity index (χ3n) is 2.02. The number of hydrogen-bond acceptors (Lipinski definition) is 5. The van der Waals surface area contributed by atoms with Gasteiger partial charge in [0.15, 0.2) is 5.69 Å². The molecule has 1 heterocycles. The number of aromatic nitrogens is 2. The summed E-state index contributed by atoms with van der Waals surface area (Å²) < 4.78 is 5.24. The number of rotatable bonds is 6. The quantitative estimate of drug-likeness (QED) is 0.778. The molecular formula is C11H17N3O3. The van der Waals surface area contributed by atoms with Crippen LogP contribution in [0.3, 0.4) is 0 Å². The number of carboxylic acids is 1. The second kappa shape index (κ2) is 6.15. The molecule has 0 spiro atoms. The van der Waals surface area contributed by atoms with Gasteiger partial charge in [-0.15, -0.1) is 0 Å². The fraction of sp³-hybridized carbons (Fsp3) is 0.545. The van der Waals surface area contributed by atoms with E-state index < -0.39 is 5.97 Å². The average Bonchev–Trinajstić information content (AvgIpc) is 2.25. The monoisotopic (exact) mass is 239 g/mol. The van der Waals surface area contributed by atoms with Gasteiger partial charge in [-0.2, -0.15) is 0 Å². The van der Waals surface area contributed by atoms with Crippen LogP contribution in [0.1, 0.15) is 30.0 Å². The van der Waals surface area contributed by atoms with Crippen molar-refractivity contribution < 1.29 is 14.6 Å². The number of ether oxygens (including phenoxy) is 1. The van der Waals surface area contributed by atoms with Crippen molar-refractivity contribution in [3.63, 3.8) is 0 Å². The van der Waals surface area contributed by atoms with E-state index in [1.807, 2.05) is 13.8 Å². The predicted octanol–water partition coefficient (Wildman–Crippen LogP) is 1.32. The molecule has 0 aliphatic carbocycles. The fourth-order valence-electron chi connectivity index (χ4n) is 1.30. The van der Waals surface area contributed by atoms with Crippen LogP contribution >= 0.6 is 0 Å². The van der Waals surface area contributed by atoms with E-state index in [0.717, 1.165) is 0 Å². The number of hydrogen-bond donors (Lipinski definition) is 2. The van der Waals surface area contributed by atoms with Crippen LogP contribution in [0.25, 0.3) is 0 Å². The van der Waals surface area contributed by atoms with Gasteiger partial charge < -0.3 is 15.2 Å². The van der Waals surface area contributed by atoms with E-state index in [2.05, 4.69) is 15.3 Å². The molecule has 2 N–H and O–H groups in total. The highest BCUT2D eigenvalue weighted by Crippen LogP contribution is 2.06. The van der Waals surface area contributed by atoms with Crippen molar-refractivity contribution in [2.24, 2.45) is 0 Å². The minimum absolute atomic E-state index is 0.0105. The van der Waals surface area contributed by atoms with Gasteiger partial charge in [0.2, 0.25) is 5.95 Å². The maximum atomic E-state index is 10.8. The topological polar surface area (TPSA) is 84.3 Å². The van der Waals surface area contributed by atoms with Crippen molar-refractivity contribution in [1.29, 1.82) is 0 Å². The Labute approximate surface area is 100 Å². The van der Waals surface area contributed by atoms with Gasteiger partial charge in [-0.3, -0.25) is 0 Å². The summed E-state index contributed by atoms with van der Waals surface area (Å²) in [5, 5.41) is 11.9. The molecular weight excluding hydrogens is 222 g/mol. The number of nitrogens with one attached hydrogen (secondary N) is 1. The van der Waals surface area contributed by atoms with Gasteiger partial charge in [-0.1, -0.05) is 0 Å². The Morgan fingerprint density at radius 1 is 1.59 bits per heavy atom. The largest absolute Gasteiger partial charge is 0.477 e. The Bertz CT molecular complexity index is 396. The van der Waals surface area contributed by atoms with E-state index >= 15 is 0 Å². The van der Waals surface area contributed by atoms with E-state index in [0.29, 0.717) is 24.9 Å². The first kappa shape index (κ1) is 13.4. The Kier molecular flexibility index (Phi) is 4.84. The van der Waals surface area contributed by atoms with E-state index in [-0.39, 0.29) is 11.7 Å². The van der Waals surface area contributed by atoms with E-state index in [1.54, 1.807) is 6.92 Å². The summed E-state index contributed by atoms with van der Waals surface area (Å²) in [6.45, 7) is 6.73. The van der Waals surface area contributed by atoms with Crippen molar-refractivity contribution in [1.82, 2.24) is 9.97 Å². The van der Waals surface area contributed by atoms with Crippen molar-refractivity contribution >= 4 is 11.9 Å². The molecule has 1 rings (SSSR count). The van der Waals surface area contributed by atoms with E-state index in [4.69, 9.17) is 9.84 Å². The fourth-order valence-corrected chi connectivity index (χ4v) is 1.30. The minimum Gasteiger partial charge on any atom is -0.477 e. The smallest absolute Gasteiger partial charge is 0.354 e. The number of anilines is 1. The molecule has 0 amide bonds. The second-order valence-corrected chi connectivity index (χ2v) is 3.73. The molecule has 94 valence electrons. The molecule has 0 saturated carbocycles. The zero-order valence-corrected chi connectivity index (χ0v) is 10.2. The lowest BCUT2D eigenvalue weighted by Gasteiger charge is -2.13. The van der Waals surface area contributed by atoms with Crippen LogP contribution in [0.4, 0.5) is 5.95 Å². The average molecular weight is 239 g/mol. The van der Waals surface area contributed by atoms with Gasteiger partial charge in [0.25, 0.3) is 0 Å². The normalized spacial score (nSPS) is 12.2. The lowest BCUT2D eigenvalue weighted by atomic mass is 10.3. The molecule has 0 aromatic carbocycles. The molecule has 0 aliphatic rings. The van der Waals surface area contributed by atoms with Gasteiger partial charge in [0, 0.05) is 18.3 Å². The Morgan fingerprint density at radius 3 is 2.88 bits per heavy atom. The predicted molar refractivity (Wildman–Crippen MR) is 63.3 cm³/mol. The molecule has 6 heteroatoms. The van der Waals surface area contributed by atoms with Crippen LogP contribution in [0.5, 0.6) is 0 Å². The molecule has 1 aromatic heterocycles. The molecule has 1 atom stereocenters.